The van der Waals surface area contributed by atoms with Crippen molar-refractivity contribution < 1.29 is 23.7 Å². The molecule has 0 aromatic rings. The fraction of sp³-hybridized carbons (Fsp3) is 0.923. The summed E-state index contributed by atoms with van der Waals surface area (Å²) in [5.41, 5.74) is -1.26. The van der Waals surface area contributed by atoms with Gasteiger partial charge in [0, 0.05) is 0 Å². The summed E-state index contributed by atoms with van der Waals surface area (Å²) >= 11 is 0. The van der Waals surface area contributed by atoms with Crippen LogP contribution in [0.15, 0.2) is 0 Å². The molecule has 6 nitrogen and oxygen atoms in total. The van der Waals surface area contributed by atoms with Gasteiger partial charge in [-0.15, -0.1) is 0 Å². The normalized spacial score (nSPS) is 27.8. The van der Waals surface area contributed by atoms with Gasteiger partial charge in [0.1, 0.15) is 17.4 Å². The van der Waals surface area contributed by atoms with Crippen LogP contribution in [0.4, 0.5) is 4.79 Å². The van der Waals surface area contributed by atoms with Crippen molar-refractivity contribution in [1.82, 2.24) is 4.90 Å². The first-order valence-corrected chi connectivity index (χ1v) is 6.60. The Labute approximate surface area is 113 Å². The van der Waals surface area contributed by atoms with Gasteiger partial charge in [-0.1, -0.05) is 0 Å². The third-order valence-corrected chi connectivity index (χ3v) is 3.07. The summed E-state index contributed by atoms with van der Waals surface area (Å²) in [7, 11) is 0. The van der Waals surface area contributed by atoms with Gasteiger partial charge in [0.05, 0.1) is 19.8 Å². The van der Waals surface area contributed by atoms with E-state index >= 15 is 0 Å². The van der Waals surface area contributed by atoms with E-state index in [1.54, 1.807) is 4.90 Å². The van der Waals surface area contributed by atoms with Crippen molar-refractivity contribution in [2.75, 3.05) is 19.8 Å². The molecule has 0 unspecified atom stereocenters. The van der Waals surface area contributed by atoms with E-state index in [1.807, 2.05) is 34.6 Å². The number of carbonyl (C=O) groups is 1. The molecule has 0 N–H and O–H groups in total. The lowest BCUT2D eigenvalue weighted by Gasteiger charge is -2.36. The van der Waals surface area contributed by atoms with Crippen LogP contribution in [0.1, 0.15) is 34.6 Å². The summed E-state index contributed by atoms with van der Waals surface area (Å²) in [6.45, 7) is 10.7. The van der Waals surface area contributed by atoms with E-state index in [9.17, 15) is 4.79 Å². The highest BCUT2D eigenvalue weighted by molar-refractivity contribution is 5.69. The second kappa shape index (κ2) is 4.92. The molecule has 110 valence electrons. The van der Waals surface area contributed by atoms with Gasteiger partial charge in [0.25, 0.3) is 0 Å². The number of hydrogen-bond acceptors (Lipinski definition) is 5. The molecule has 0 aromatic heterocycles. The van der Waals surface area contributed by atoms with Crippen LogP contribution in [0.5, 0.6) is 0 Å². The molecule has 1 atom stereocenters. The molecule has 0 bridgehead atoms. The number of carbonyl (C=O) groups excluding carboxylic acids is 1. The Morgan fingerprint density at radius 3 is 2.37 bits per heavy atom. The highest BCUT2D eigenvalue weighted by atomic mass is 16.7. The fourth-order valence-corrected chi connectivity index (χ4v) is 2.30. The lowest BCUT2D eigenvalue weighted by atomic mass is 10.2. The largest absolute Gasteiger partial charge is 0.444 e. The first-order chi connectivity index (χ1) is 8.71. The Hall–Kier alpha value is -0.850. The lowest BCUT2D eigenvalue weighted by molar-refractivity contribution is -0.105. The van der Waals surface area contributed by atoms with E-state index in [0.29, 0.717) is 19.8 Å². The average molecular weight is 273 g/mol. The van der Waals surface area contributed by atoms with E-state index < -0.39 is 23.7 Å². The highest BCUT2D eigenvalue weighted by Crippen LogP contribution is 2.32. The molecule has 2 aliphatic rings. The number of rotatable bonds is 1. The zero-order chi connectivity index (χ0) is 14.3. The molecule has 19 heavy (non-hydrogen) atoms. The maximum Gasteiger partial charge on any atom is 0.413 e. The van der Waals surface area contributed by atoms with Gasteiger partial charge in [-0.2, -0.15) is 0 Å². The molecule has 2 saturated heterocycles. The minimum absolute atomic E-state index is 0.271. The highest BCUT2D eigenvalue weighted by Gasteiger charge is 2.50. The van der Waals surface area contributed by atoms with Crippen LogP contribution in [-0.2, 0) is 18.9 Å². The zero-order valence-electron chi connectivity index (χ0n) is 12.3. The quantitative estimate of drug-likeness (QED) is 0.728. The van der Waals surface area contributed by atoms with Crippen molar-refractivity contribution in [3.63, 3.8) is 0 Å². The second-order valence-electron chi connectivity index (χ2n) is 6.29. The molecular weight excluding hydrogens is 250 g/mol. The Kier molecular flexibility index (Phi) is 3.77. The molecule has 0 spiro atoms. The van der Waals surface area contributed by atoms with Crippen molar-refractivity contribution in [3.8, 4) is 0 Å². The van der Waals surface area contributed by atoms with E-state index in [2.05, 4.69) is 0 Å². The summed E-state index contributed by atoms with van der Waals surface area (Å²) in [5, 5.41) is 0. The van der Waals surface area contributed by atoms with Crippen molar-refractivity contribution in [3.05, 3.63) is 0 Å². The molecule has 2 aliphatic heterocycles. The number of nitrogens with zero attached hydrogens (tertiary/aromatic N) is 1. The number of ether oxygens (including phenoxy) is 4. The van der Waals surface area contributed by atoms with E-state index in [0.717, 1.165) is 0 Å². The van der Waals surface area contributed by atoms with Crippen LogP contribution in [0.2, 0.25) is 0 Å². The van der Waals surface area contributed by atoms with Crippen LogP contribution in [0, 0.1) is 0 Å². The van der Waals surface area contributed by atoms with Gasteiger partial charge >= 0.3 is 6.09 Å². The summed E-state index contributed by atoms with van der Waals surface area (Å²) in [6.07, 6.45) is -0.839. The monoisotopic (exact) mass is 273 g/mol. The van der Waals surface area contributed by atoms with Gasteiger partial charge in [-0.3, -0.25) is 4.90 Å². The average Bonchev–Trinajstić information content (AvgIpc) is 2.81. The maximum atomic E-state index is 12.4. The van der Waals surface area contributed by atoms with Crippen LogP contribution >= 0.6 is 0 Å². The standard InChI is InChI=1S/C13H23NO5/c1-12(2,3)19-11(15)14-9(8-18-13(14,4)5)10-16-6-7-17-10/h9-10H,6-8H2,1-5H3/t9-/m0/s1. The molecule has 6 heteroatoms. The van der Waals surface area contributed by atoms with Gasteiger partial charge in [0.2, 0.25) is 0 Å². The predicted octanol–water partition coefficient (Wildman–Crippen LogP) is 1.73. The summed E-state index contributed by atoms with van der Waals surface area (Å²) in [5.74, 6) is 0. The number of amides is 1. The minimum Gasteiger partial charge on any atom is -0.444 e. The molecule has 0 radical (unpaired) electrons. The fourth-order valence-electron chi connectivity index (χ4n) is 2.30. The van der Waals surface area contributed by atoms with Crippen molar-refractivity contribution in [2.45, 2.75) is 58.3 Å². The minimum atomic E-state index is -0.720. The third kappa shape index (κ3) is 3.19. The van der Waals surface area contributed by atoms with E-state index in [4.69, 9.17) is 18.9 Å². The molecule has 2 fully saturated rings. The first-order valence-electron chi connectivity index (χ1n) is 6.60. The van der Waals surface area contributed by atoms with Crippen LogP contribution in [0.25, 0.3) is 0 Å². The van der Waals surface area contributed by atoms with Crippen LogP contribution < -0.4 is 0 Å². The number of hydrogen-bond donors (Lipinski definition) is 0. The van der Waals surface area contributed by atoms with Crippen LogP contribution in [0.3, 0.4) is 0 Å². The van der Waals surface area contributed by atoms with Crippen LogP contribution in [-0.4, -0.2) is 54.5 Å². The molecule has 2 rings (SSSR count). The van der Waals surface area contributed by atoms with Gasteiger partial charge in [0.15, 0.2) is 6.29 Å². The SMILES string of the molecule is CC(C)(C)OC(=O)N1[C@H](C2OCCO2)COC1(C)C. The van der Waals surface area contributed by atoms with Gasteiger partial charge in [-0.25, -0.2) is 4.79 Å². The Balaban J connectivity index is 2.14. The van der Waals surface area contributed by atoms with Crippen molar-refractivity contribution in [1.29, 1.82) is 0 Å². The lowest BCUT2D eigenvalue weighted by Crippen LogP contribution is -2.53. The van der Waals surface area contributed by atoms with Gasteiger partial charge in [-0.05, 0) is 34.6 Å². The summed E-state index contributed by atoms with van der Waals surface area (Å²) < 4.78 is 22.1. The van der Waals surface area contributed by atoms with Crippen molar-refractivity contribution >= 4 is 6.09 Å². The topological polar surface area (TPSA) is 57.2 Å². The third-order valence-electron chi connectivity index (χ3n) is 3.07. The van der Waals surface area contributed by atoms with E-state index in [-0.39, 0.29) is 6.04 Å². The predicted molar refractivity (Wildman–Crippen MR) is 67.6 cm³/mol. The molecule has 0 aromatic carbocycles. The van der Waals surface area contributed by atoms with E-state index in [1.165, 1.54) is 0 Å². The Morgan fingerprint density at radius 2 is 1.84 bits per heavy atom. The Morgan fingerprint density at radius 1 is 1.26 bits per heavy atom. The first kappa shape index (κ1) is 14.6. The Bertz CT molecular complexity index is 343. The molecule has 2 heterocycles. The second-order valence-corrected chi connectivity index (χ2v) is 6.29. The smallest absolute Gasteiger partial charge is 0.413 e. The molecule has 1 amide bonds. The summed E-state index contributed by atoms with van der Waals surface area (Å²) in [4.78, 5) is 13.9. The van der Waals surface area contributed by atoms with Gasteiger partial charge < -0.3 is 18.9 Å². The zero-order valence-corrected chi connectivity index (χ0v) is 12.3. The van der Waals surface area contributed by atoms with Crippen molar-refractivity contribution in [2.24, 2.45) is 0 Å². The maximum absolute atomic E-state index is 12.4. The molecule has 0 saturated carbocycles. The molecular formula is C13H23NO5. The summed E-state index contributed by atoms with van der Waals surface area (Å²) in [6, 6.07) is -0.271. The molecule has 0 aliphatic carbocycles.